The molecule has 0 bridgehead atoms. The van der Waals surface area contributed by atoms with Gasteiger partial charge in [0.25, 0.3) is 0 Å². The normalized spacial score (nSPS) is 10.4. The molecule has 0 radical (unpaired) electrons. The SMILES string of the molecule is CCOC(=O)CNCc1ccc(-n2cccn2)cc1. The number of esters is 1. The Hall–Kier alpha value is -2.14. The first-order chi connectivity index (χ1) is 9.29. The first-order valence-electron chi connectivity index (χ1n) is 6.25. The highest BCUT2D eigenvalue weighted by atomic mass is 16.5. The molecule has 1 N–H and O–H groups in total. The van der Waals surface area contributed by atoms with Gasteiger partial charge in [0.1, 0.15) is 0 Å². The van der Waals surface area contributed by atoms with Gasteiger partial charge in [-0.25, -0.2) is 4.68 Å². The second kappa shape index (κ2) is 6.70. The zero-order valence-electron chi connectivity index (χ0n) is 10.9. The van der Waals surface area contributed by atoms with Gasteiger partial charge in [-0.05, 0) is 30.7 Å². The van der Waals surface area contributed by atoms with Crippen molar-refractivity contribution >= 4 is 5.97 Å². The number of benzene rings is 1. The monoisotopic (exact) mass is 259 g/mol. The van der Waals surface area contributed by atoms with E-state index in [2.05, 4.69) is 10.4 Å². The summed E-state index contributed by atoms with van der Waals surface area (Å²) in [5.41, 5.74) is 2.12. The van der Waals surface area contributed by atoms with Crippen molar-refractivity contribution < 1.29 is 9.53 Å². The van der Waals surface area contributed by atoms with Crippen LogP contribution in [-0.2, 0) is 16.1 Å². The Bertz CT molecular complexity index is 506. The summed E-state index contributed by atoms with van der Waals surface area (Å²) in [6.07, 6.45) is 3.64. The van der Waals surface area contributed by atoms with Gasteiger partial charge in [0.05, 0.1) is 18.8 Å². The second-order valence-electron chi connectivity index (χ2n) is 4.03. The topological polar surface area (TPSA) is 56.1 Å². The van der Waals surface area contributed by atoms with Crippen molar-refractivity contribution in [3.63, 3.8) is 0 Å². The molecule has 0 unspecified atom stereocenters. The maximum absolute atomic E-state index is 11.1. The van der Waals surface area contributed by atoms with Crippen LogP contribution >= 0.6 is 0 Å². The molecule has 1 aromatic carbocycles. The largest absolute Gasteiger partial charge is 0.465 e. The fourth-order valence-electron chi connectivity index (χ4n) is 1.71. The van der Waals surface area contributed by atoms with Gasteiger partial charge in [-0.3, -0.25) is 4.79 Å². The van der Waals surface area contributed by atoms with Crippen LogP contribution in [0.1, 0.15) is 12.5 Å². The van der Waals surface area contributed by atoms with Crippen LogP contribution in [0.5, 0.6) is 0 Å². The number of aromatic nitrogens is 2. The van der Waals surface area contributed by atoms with Crippen LogP contribution in [0.4, 0.5) is 0 Å². The first kappa shape index (κ1) is 13.3. The summed E-state index contributed by atoms with van der Waals surface area (Å²) >= 11 is 0. The van der Waals surface area contributed by atoms with Crippen molar-refractivity contribution in [2.45, 2.75) is 13.5 Å². The van der Waals surface area contributed by atoms with E-state index in [4.69, 9.17) is 4.74 Å². The fraction of sp³-hybridized carbons (Fsp3) is 0.286. The molecule has 1 heterocycles. The Balaban J connectivity index is 1.84. The van der Waals surface area contributed by atoms with Gasteiger partial charge in [0.15, 0.2) is 0 Å². The van der Waals surface area contributed by atoms with E-state index in [0.29, 0.717) is 13.2 Å². The molecular formula is C14H17N3O2. The van der Waals surface area contributed by atoms with Crippen LogP contribution < -0.4 is 5.32 Å². The molecule has 0 spiro atoms. The number of nitrogens with one attached hydrogen (secondary N) is 1. The molecule has 2 rings (SSSR count). The third-order valence-electron chi connectivity index (χ3n) is 2.61. The lowest BCUT2D eigenvalue weighted by molar-refractivity contribution is -0.142. The van der Waals surface area contributed by atoms with E-state index in [-0.39, 0.29) is 12.5 Å². The number of hydrogen-bond donors (Lipinski definition) is 1. The van der Waals surface area contributed by atoms with Gasteiger partial charge >= 0.3 is 5.97 Å². The van der Waals surface area contributed by atoms with Crippen LogP contribution in [-0.4, -0.2) is 28.9 Å². The highest BCUT2D eigenvalue weighted by Crippen LogP contribution is 2.08. The fourth-order valence-corrected chi connectivity index (χ4v) is 1.71. The molecule has 0 aliphatic carbocycles. The van der Waals surface area contributed by atoms with Crippen LogP contribution in [0, 0.1) is 0 Å². The predicted octanol–water partition coefficient (Wildman–Crippen LogP) is 1.52. The van der Waals surface area contributed by atoms with Crippen LogP contribution in [0.2, 0.25) is 0 Å². The lowest BCUT2D eigenvalue weighted by Crippen LogP contribution is -2.24. The number of carbonyl (C=O) groups excluding carboxylic acids is 1. The van der Waals surface area contributed by atoms with Gasteiger partial charge in [-0.1, -0.05) is 12.1 Å². The minimum Gasteiger partial charge on any atom is -0.465 e. The molecule has 0 amide bonds. The number of nitrogens with zero attached hydrogens (tertiary/aromatic N) is 2. The summed E-state index contributed by atoms with van der Waals surface area (Å²) in [5.74, 6) is -0.226. The van der Waals surface area contributed by atoms with Gasteiger partial charge in [-0.2, -0.15) is 5.10 Å². The number of carbonyl (C=O) groups is 1. The van der Waals surface area contributed by atoms with E-state index in [1.807, 2.05) is 36.5 Å². The molecule has 5 heteroatoms. The molecule has 0 saturated carbocycles. The summed E-state index contributed by atoms with van der Waals surface area (Å²) in [7, 11) is 0. The predicted molar refractivity (Wildman–Crippen MR) is 71.9 cm³/mol. The highest BCUT2D eigenvalue weighted by molar-refractivity contribution is 5.71. The molecule has 0 aliphatic heterocycles. The van der Waals surface area contributed by atoms with E-state index in [1.165, 1.54) is 0 Å². The standard InChI is InChI=1S/C14H17N3O2/c1-2-19-14(18)11-15-10-12-4-6-13(7-5-12)17-9-3-8-16-17/h3-9,15H,2,10-11H2,1H3. The van der Waals surface area contributed by atoms with E-state index >= 15 is 0 Å². The molecule has 19 heavy (non-hydrogen) atoms. The molecule has 0 aliphatic rings. The van der Waals surface area contributed by atoms with Gasteiger partial charge < -0.3 is 10.1 Å². The summed E-state index contributed by atoms with van der Waals surface area (Å²) in [4.78, 5) is 11.1. The van der Waals surface area contributed by atoms with Crippen molar-refractivity contribution in [1.82, 2.24) is 15.1 Å². The molecule has 2 aromatic rings. The maximum atomic E-state index is 11.1. The summed E-state index contributed by atoms with van der Waals surface area (Å²) < 4.78 is 6.64. The average molecular weight is 259 g/mol. The Morgan fingerprint density at radius 3 is 2.79 bits per heavy atom. The van der Waals surface area contributed by atoms with Crippen molar-refractivity contribution in [2.75, 3.05) is 13.2 Å². The van der Waals surface area contributed by atoms with Crippen LogP contribution in [0.25, 0.3) is 5.69 Å². The minimum atomic E-state index is -0.226. The van der Waals surface area contributed by atoms with Crippen LogP contribution in [0.3, 0.4) is 0 Å². The third kappa shape index (κ3) is 3.93. The Morgan fingerprint density at radius 1 is 1.37 bits per heavy atom. The zero-order valence-corrected chi connectivity index (χ0v) is 10.9. The number of hydrogen-bond acceptors (Lipinski definition) is 4. The average Bonchev–Trinajstić information content (AvgIpc) is 2.94. The lowest BCUT2D eigenvalue weighted by Gasteiger charge is -2.06. The molecule has 1 aromatic heterocycles. The molecule has 100 valence electrons. The first-order valence-corrected chi connectivity index (χ1v) is 6.25. The van der Waals surface area contributed by atoms with Crippen molar-refractivity contribution in [2.24, 2.45) is 0 Å². The van der Waals surface area contributed by atoms with Gasteiger partial charge in [0, 0.05) is 18.9 Å². The summed E-state index contributed by atoms with van der Waals surface area (Å²) in [5, 5.41) is 7.21. The Morgan fingerprint density at radius 2 is 2.16 bits per heavy atom. The van der Waals surface area contributed by atoms with Gasteiger partial charge in [-0.15, -0.1) is 0 Å². The second-order valence-corrected chi connectivity index (χ2v) is 4.03. The Labute approximate surface area is 112 Å². The van der Waals surface area contributed by atoms with E-state index in [9.17, 15) is 4.79 Å². The zero-order chi connectivity index (χ0) is 13.5. The highest BCUT2D eigenvalue weighted by Gasteiger charge is 2.01. The molecule has 0 atom stereocenters. The van der Waals surface area contributed by atoms with Crippen LogP contribution in [0.15, 0.2) is 42.7 Å². The van der Waals surface area contributed by atoms with E-state index in [1.54, 1.807) is 17.8 Å². The molecule has 5 nitrogen and oxygen atoms in total. The molecular weight excluding hydrogens is 242 g/mol. The molecule has 0 saturated heterocycles. The van der Waals surface area contributed by atoms with Crippen molar-refractivity contribution in [1.29, 1.82) is 0 Å². The minimum absolute atomic E-state index is 0.226. The quantitative estimate of drug-likeness (QED) is 0.799. The smallest absolute Gasteiger partial charge is 0.319 e. The van der Waals surface area contributed by atoms with Crippen molar-refractivity contribution in [3.05, 3.63) is 48.3 Å². The maximum Gasteiger partial charge on any atom is 0.319 e. The summed E-state index contributed by atoms with van der Waals surface area (Å²) in [6.45, 7) is 3.08. The Kier molecular flexibility index (Phi) is 4.69. The molecule has 0 fully saturated rings. The lowest BCUT2D eigenvalue weighted by atomic mass is 10.2. The number of ether oxygens (including phenoxy) is 1. The van der Waals surface area contributed by atoms with Crippen molar-refractivity contribution in [3.8, 4) is 5.69 Å². The van der Waals surface area contributed by atoms with E-state index in [0.717, 1.165) is 11.3 Å². The number of rotatable bonds is 6. The van der Waals surface area contributed by atoms with E-state index < -0.39 is 0 Å². The third-order valence-corrected chi connectivity index (χ3v) is 2.61. The van der Waals surface area contributed by atoms with Gasteiger partial charge in [0.2, 0.25) is 0 Å². The summed E-state index contributed by atoms with van der Waals surface area (Å²) in [6, 6.07) is 9.89.